The van der Waals surface area contributed by atoms with Crippen molar-refractivity contribution in [3.8, 4) is 11.8 Å². The first-order valence-electron chi connectivity index (χ1n) is 5.12. The summed E-state index contributed by atoms with van der Waals surface area (Å²) in [4.78, 5) is 12.1. The van der Waals surface area contributed by atoms with Crippen LogP contribution in [0.3, 0.4) is 0 Å². The Bertz CT molecular complexity index is 714. The summed E-state index contributed by atoms with van der Waals surface area (Å²) in [6.07, 6.45) is 1.61. The molecule has 3 nitrogen and oxygen atoms in total. The number of benzene rings is 1. The lowest BCUT2D eigenvalue weighted by Crippen LogP contribution is -2.21. The summed E-state index contributed by atoms with van der Waals surface area (Å²) in [6, 6.07) is 8.48. The molecule has 1 aromatic heterocycles. The highest BCUT2D eigenvalue weighted by molar-refractivity contribution is 6.42. The first-order valence-corrected chi connectivity index (χ1v) is 5.88. The monoisotopic (exact) mass is 278 g/mol. The van der Waals surface area contributed by atoms with E-state index in [0.29, 0.717) is 21.3 Å². The molecule has 0 aliphatic heterocycles. The third-order valence-electron chi connectivity index (χ3n) is 2.59. The predicted molar refractivity (Wildman–Crippen MR) is 71.5 cm³/mol. The minimum Gasteiger partial charge on any atom is -0.283 e. The molecule has 0 N–H and O–H groups in total. The molecule has 1 aromatic carbocycles. The standard InChI is InChI=1S/C13H8Cl2N2O/c1-8-4-5-17(13(18)10(8)7-16)9-2-3-11(14)12(15)6-9/h2-6H,1H3. The maximum absolute atomic E-state index is 12.1. The Kier molecular flexibility index (Phi) is 3.42. The highest BCUT2D eigenvalue weighted by Crippen LogP contribution is 2.23. The topological polar surface area (TPSA) is 45.8 Å². The third-order valence-corrected chi connectivity index (χ3v) is 3.33. The Morgan fingerprint density at radius 3 is 2.56 bits per heavy atom. The number of rotatable bonds is 1. The average Bonchev–Trinajstić information content (AvgIpc) is 2.34. The van der Waals surface area contributed by atoms with Crippen molar-refractivity contribution >= 4 is 23.2 Å². The molecule has 0 atom stereocenters. The van der Waals surface area contributed by atoms with Gasteiger partial charge in [-0.25, -0.2) is 0 Å². The Morgan fingerprint density at radius 1 is 1.22 bits per heavy atom. The van der Waals surface area contributed by atoms with E-state index in [4.69, 9.17) is 28.5 Å². The van der Waals surface area contributed by atoms with Crippen LogP contribution in [0.1, 0.15) is 11.1 Å². The Hall–Kier alpha value is -1.76. The zero-order valence-electron chi connectivity index (χ0n) is 9.45. The first-order chi connectivity index (χ1) is 8.54. The maximum atomic E-state index is 12.1. The lowest BCUT2D eigenvalue weighted by atomic mass is 10.1. The van der Waals surface area contributed by atoms with Crippen molar-refractivity contribution in [2.24, 2.45) is 0 Å². The highest BCUT2D eigenvalue weighted by atomic mass is 35.5. The molecule has 0 bridgehead atoms. The fourth-order valence-corrected chi connectivity index (χ4v) is 1.89. The molecule has 18 heavy (non-hydrogen) atoms. The van der Waals surface area contributed by atoms with Gasteiger partial charge in [-0.15, -0.1) is 0 Å². The average molecular weight is 279 g/mol. The predicted octanol–water partition coefficient (Wildman–Crippen LogP) is 3.32. The molecule has 5 heteroatoms. The SMILES string of the molecule is Cc1ccn(-c2ccc(Cl)c(Cl)c2)c(=O)c1C#N. The second-order valence-electron chi connectivity index (χ2n) is 3.76. The van der Waals surface area contributed by atoms with Crippen LogP contribution in [0, 0.1) is 18.3 Å². The van der Waals surface area contributed by atoms with Gasteiger partial charge in [-0.05, 0) is 36.8 Å². The lowest BCUT2D eigenvalue weighted by molar-refractivity contribution is 0.973. The van der Waals surface area contributed by atoms with Crippen molar-refractivity contribution in [1.82, 2.24) is 4.57 Å². The van der Waals surface area contributed by atoms with Crippen molar-refractivity contribution in [3.05, 3.63) is 62.0 Å². The Balaban J connectivity index is 2.69. The van der Waals surface area contributed by atoms with Gasteiger partial charge in [0.1, 0.15) is 11.6 Å². The molecule has 2 aromatic rings. The van der Waals surface area contributed by atoms with E-state index in [9.17, 15) is 4.79 Å². The molecule has 0 saturated carbocycles. The summed E-state index contributed by atoms with van der Waals surface area (Å²) in [7, 11) is 0. The van der Waals surface area contributed by atoms with Crippen molar-refractivity contribution in [1.29, 1.82) is 5.26 Å². The summed E-state index contributed by atoms with van der Waals surface area (Å²) in [6.45, 7) is 1.72. The van der Waals surface area contributed by atoms with Crippen LogP contribution in [-0.2, 0) is 0 Å². The minimum atomic E-state index is -0.365. The molecule has 0 unspecified atom stereocenters. The van der Waals surface area contributed by atoms with Gasteiger partial charge in [-0.1, -0.05) is 23.2 Å². The lowest BCUT2D eigenvalue weighted by Gasteiger charge is -2.08. The first kappa shape index (κ1) is 12.7. The number of halogens is 2. The van der Waals surface area contributed by atoms with Gasteiger partial charge < -0.3 is 0 Å². The van der Waals surface area contributed by atoms with Gasteiger partial charge in [0.05, 0.1) is 15.7 Å². The zero-order valence-corrected chi connectivity index (χ0v) is 11.0. The number of hydrogen-bond acceptors (Lipinski definition) is 2. The number of nitrogens with zero attached hydrogens (tertiary/aromatic N) is 2. The van der Waals surface area contributed by atoms with Gasteiger partial charge in [0.15, 0.2) is 0 Å². The summed E-state index contributed by atoms with van der Waals surface area (Å²) >= 11 is 11.7. The van der Waals surface area contributed by atoms with Crippen LogP contribution < -0.4 is 5.56 Å². The van der Waals surface area contributed by atoms with Crippen LogP contribution in [-0.4, -0.2) is 4.57 Å². The normalized spacial score (nSPS) is 10.1. The maximum Gasteiger partial charge on any atom is 0.273 e. The molecule has 2 rings (SSSR count). The van der Waals surface area contributed by atoms with Crippen LogP contribution in [0.5, 0.6) is 0 Å². The molecule has 0 aliphatic carbocycles. The number of aromatic nitrogens is 1. The van der Waals surface area contributed by atoms with E-state index in [1.165, 1.54) is 4.57 Å². The van der Waals surface area contributed by atoms with E-state index in [2.05, 4.69) is 0 Å². The summed E-state index contributed by atoms with van der Waals surface area (Å²) in [5, 5.41) is 9.74. The van der Waals surface area contributed by atoms with Gasteiger partial charge in [-0.3, -0.25) is 9.36 Å². The zero-order chi connectivity index (χ0) is 13.3. The van der Waals surface area contributed by atoms with E-state index in [1.54, 1.807) is 37.4 Å². The van der Waals surface area contributed by atoms with Crippen LogP contribution in [0.25, 0.3) is 5.69 Å². The van der Waals surface area contributed by atoms with E-state index in [-0.39, 0.29) is 11.1 Å². The van der Waals surface area contributed by atoms with Gasteiger partial charge in [0, 0.05) is 6.20 Å². The summed E-state index contributed by atoms with van der Waals surface area (Å²) in [5.41, 5.74) is 0.990. The number of nitriles is 1. The molecular formula is C13H8Cl2N2O. The Labute approximate surface area is 114 Å². The van der Waals surface area contributed by atoms with Gasteiger partial charge in [0.2, 0.25) is 0 Å². The fraction of sp³-hybridized carbons (Fsp3) is 0.0769. The smallest absolute Gasteiger partial charge is 0.273 e. The summed E-state index contributed by atoms with van der Waals surface area (Å²) in [5.74, 6) is 0. The molecule has 0 radical (unpaired) electrons. The number of pyridine rings is 1. The molecule has 1 heterocycles. The number of hydrogen-bond donors (Lipinski definition) is 0. The molecule has 0 saturated heterocycles. The summed E-state index contributed by atoms with van der Waals surface area (Å²) < 4.78 is 1.37. The quantitative estimate of drug-likeness (QED) is 0.803. The molecule has 0 spiro atoms. The van der Waals surface area contributed by atoms with Crippen LogP contribution in [0.2, 0.25) is 10.0 Å². The Morgan fingerprint density at radius 2 is 1.94 bits per heavy atom. The number of aryl methyl sites for hydroxylation is 1. The van der Waals surface area contributed by atoms with E-state index in [1.807, 2.05) is 6.07 Å². The molecular weight excluding hydrogens is 271 g/mol. The molecule has 0 fully saturated rings. The van der Waals surface area contributed by atoms with Crippen LogP contribution in [0.15, 0.2) is 35.3 Å². The van der Waals surface area contributed by atoms with Crippen molar-refractivity contribution < 1.29 is 0 Å². The van der Waals surface area contributed by atoms with Crippen LogP contribution in [0.4, 0.5) is 0 Å². The van der Waals surface area contributed by atoms with Crippen molar-refractivity contribution in [2.45, 2.75) is 6.92 Å². The fourth-order valence-electron chi connectivity index (χ4n) is 1.60. The van der Waals surface area contributed by atoms with Crippen LogP contribution >= 0.6 is 23.2 Å². The second kappa shape index (κ2) is 4.85. The van der Waals surface area contributed by atoms with Crippen molar-refractivity contribution in [3.63, 3.8) is 0 Å². The minimum absolute atomic E-state index is 0.128. The molecule has 0 amide bonds. The van der Waals surface area contributed by atoms with Gasteiger partial charge in [-0.2, -0.15) is 5.26 Å². The highest BCUT2D eigenvalue weighted by Gasteiger charge is 2.09. The largest absolute Gasteiger partial charge is 0.283 e. The van der Waals surface area contributed by atoms with Gasteiger partial charge >= 0.3 is 0 Å². The molecule has 0 aliphatic rings. The van der Waals surface area contributed by atoms with E-state index < -0.39 is 0 Å². The third kappa shape index (κ3) is 2.13. The molecule has 90 valence electrons. The van der Waals surface area contributed by atoms with E-state index in [0.717, 1.165) is 0 Å². The second-order valence-corrected chi connectivity index (χ2v) is 4.57. The van der Waals surface area contributed by atoms with E-state index >= 15 is 0 Å². The van der Waals surface area contributed by atoms with Gasteiger partial charge in [0.25, 0.3) is 5.56 Å². The van der Waals surface area contributed by atoms with Crippen molar-refractivity contribution in [2.75, 3.05) is 0 Å².